The first-order valence-electron chi connectivity index (χ1n) is 4.87. The first kappa shape index (κ1) is 13.4. The lowest BCUT2D eigenvalue weighted by Crippen LogP contribution is -2.35. The van der Waals surface area contributed by atoms with E-state index in [1.807, 2.05) is 0 Å². The maximum absolute atomic E-state index is 13.6. The van der Waals surface area contributed by atoms with Gasteiger partial charge in [0.15, 0.2) is 0 Å². The van der Waals surface area contributed by atoms with Crippen molar-refractivity contribution in [3.63, 3.8) is 0 Å². The zero-order valence-corrected chi connectivity index (χ0v) is 9.19. The second kappa shape index (κ2) is 5.09. The molecule has 0 aliphatic carbocycles. The standard InChI is InChI=1S/C11H13F2NO3/c1-17-8-4-2-7(3-5-8)11(12,13)6-9(14)10(15)16/h2-5,9H,6,14H2,1H3,(H,15,16). The number of hydrogen-bond acceptors (Lipinski definition) is 3. The topological polar surface area (TPSA) is 72.5 Å². The number of ether oxygens (including phenoxy) is 1. The molecule has 1 rings (SSSR count). The van der Waals surface area contributed by atoms with Crippen LogP contribution < -0.4 is 10.5 Å². The van der Waals surface area contributed by atoms with E-state index in [-0.39, 0.29) is 5.56 Å². The summed E-state index contributed by atoms with van der Waals surface area (Å²) in [4.78, 5) is 10.4. The first-order valence-corrected chi connectivity index (χ1v) is 4.87. The van der Waals surface area contributed by atoms with Crippen molar-refractivity contribution < 1.29 is 23.4 Å². The number of halogens is 2. The number of alkyl halides is 2. The number of rotatable bonds is 5. The van der Waals surface area contributed by atoms with E-state index in [9.17, 15) is 13.6 Å². The molecular formula is C11H13F2NO3. The monoisotopic (exact) mass is 245 g/mol. The molecule has 0 saturated carbocycles. The van der Waals surface area contributed by atoms with E-state index in [1.165, 1.54) is 31.4 Å². The quantitative estimate of drug-likeness (QED) is 0.826. The van der Waals surface area contributed by atoms with E-state index in [0.29, 0.717) is 5.75 Å². The minimum atomic E-state index is -3.27. The second-order valence-electron chi connectivity index (χ2n) is 3.58. The summed E-state index contributed by atoms with van der Waals surface area (Å²) < 4.78 is 32.1. The molecule has 0 aliphatic rings. The molecule has 0 aromatic heterocycles. The van der Waals surface area contributed by atoms with Gasteiger partial charge in [0, 0.05) is 12.0 Å². The molecule has 3 N–H and O–H groups in total. The highest BCUT2D eigenvalue weighted by molar-refractivity contribution is 5.73. The molecule has 0 spiro atoms. The van der Waals surface area contributed by atoms with Crippen molar-refractivity contribution in [3.05, 3.63) is 29.8 Å². The largest absolute Gasteiger partial charge is 0.497 e. The summed E-state index contributed by atoms with van der Waals surface area (Å²) in [6.07, 6.45) is -0.936. The van der Waals surface area contributed by atoms with Gasteiger partial charge in [-0.1, -0.05) is 0 Å². The highest BCUT2D eigenvalue weighted by atomic mass is 19.3. The number of hydrogen-bond donors (Lipinski definition) is 2. The molecule has 0 aliphatic heterocycles. The van der Waals surface area contributed by atoms with Gasteiger partial charge in [0.25, 0.3) is 5.92 Å². The van der Waals surface area contributed by atoms with Crippen LogP contribution in [-0.4, -0.2) is 24.2 Å². The summed E-state index contributed by atoms with van der Waals surface area (Å²) in [5.74, 6) is -4.27. The lowest BCUT2D eigenvalue weighted by molar-refractivity contribution is -0.141. The Bertz CT molecular complexity index is 392. The molecule has 0 heterocycles. The molecule has 0 bridgehead atoms. The average Bonchev–Trinajstić information content (AvgIpc) is 2.28. The van der Waals surface area contributed by atoms with Crippen molar-refractivity contribution in [1.82, 2.24) is 0 Å². The van der Waals surface area contributed by atoms with Gasteiger partial charge in [0.2, 0.25) is 0 Å². The molecule has 0 saturated heterocycles. The summed E-state index contributed by atoms with van der Waals surface area (Å²) >= 11 is 0. The number of carboxylic acid groups (broad SMARTS) is 1. The second-order valence-corrected chi connectivity index (χ2v) is 3.58. The molecule has 4 nitrogen and oxygen atoms in total. The Morgan fingerprint density at radius 2 is 2.00 bits per heavy atom. The fourth-order valence-electron chi connectivity index (χ4n) is 1.32. The minimum absolute atomic E-state index is 0.282. The van der Waals surface area contributed by atoms with Crippen LogP contribution in [0.1, 0.15) is 12.0 Å². The lowest BCUT2D eigenvalue weighted by Gasteiger charge is -2.19. The summed E-state index contributed by atoms with van der Waals surface area (Å²) in [6.45, 7) is 0. The van der Waals surface area contributed by atoms with Crippen LogP contribution >= 0.6 is 0 Å². The van der Waals surface area contributed by atoms with E-state index in [2.05, 4.69) is 0 Å². The van der Waals surface area contributed by atoms with E-state index in [0.717, 1.165) is 0 Å². The Hall–Kier alpha value is -1.69. The zero-order valence-electron chi connectivity index (χ0n) is 9.19. The Morgan fingerprint density at radius 3 is 2.41 bits per heavy atom. The van der Waals surface area contributed by atoms with E-state index in [4.69, 9.17) is 15.6 Å². The molecule has 6 heteroatoms. The molecular weight excluding hydrogens is 232 g/mol. The Balaban J connectivity index is 2.84. The maximum atomic E-state index is 13.6. The van der Waals surface area contributed by atoms with Gasteiger partial charge >= 0.3 is 5.97 Å². The summed E-state index contributed by atoms with van der Waals surface area (Å²) in [7, 11) is 1.42. The predicted octanol–water partition coefficient (Wildman–Crippen LogP) is 1.59. The van der Waals surface area contributed by atoms with Gasteiger partial charge in [-0.15, -0.1) is 0 Å². The molecule has 0 radical (unpaired) electrons. The molecule has 0 amide bonds. The fraction of sp³-hybridized carbons (Fsp3) is 0.364. The van der Waals surface area contributed by atoms with Gasteiger partial charge in [-0.2, -0.15) is 0 Å². The van der Waals surface area contributed by atoms with Crippen molar-refractivity contribution in [1.29, 1.82) is 0 Å². The van der Waals surface area contributed by atoms with Gasteiger partial charge < -0.3 is 15.6 Å². The average molecular weight is 245 g/mol. The first-order chi connectivity index (χ1) is 7.86. The normalized spacial score (nSPS) is 13.2. The maximum Gasteiger partial charge on any atom is 0.320 e. The minimum Gasteiger partial charge on any atom is -0.497 e. The number of methoxy groups -OCH3 is 1. The van der Waals surface area contributed by atoms with Crippen LogP contribution in [0.4, 0.5) is 8.78 Å². The number of carboxylic acids is 1. The van der Waals surface area contributed by atoms with Crippen molar-refractivity contribution >= 4 is 5.97 Å². The molecule has 1 aromatic carbocycles. The molecule has 17 heavy (non-hydrogen) atoms. The molecule has 0 fully saturated rings. The van der Waals surface area contributed by atoms with Crippen LogP contribution in [0.2, 0.25) is 0 Å². The van der Waals surface area contributed by atoms with Crippen LogP contribution in [-0.2, 0) is 10.7 Å². The van der Waals surface area contributed by atoms with E-state index < -0.39 is 24.4 Å². The van der Waals surface area contributed by atoms with Crippen molar-refractivity contribution in [2.45, 2.75) is 18.4 Å². The van der Waals surface area contributed by atoms with Gasteiger partial charge in [0.1, 0.15) is 11.8 Å². The van der Waals surface area contributed by atoms with Crippen molar-refractivity contribution in [3.8, 4) is 5.75 Å². The van der Waals surface area contributed by atoms with Crippen molar-refractivity contribution in [2.24, 2.45) is 5.73 Å². The smallest absolute Gasteiger partial charge is 0.320 e. The third kappa shape index (κ3) is 3.39. The Labute approximate surface area is 97.0 Å². The molecule has 1 aromatic rings. The number of benzene rings is 1. The van der Waals surface area contributed by atoms with E-state index in [1.54, 1.807) is 0 Å². The molecule has 1 unspecified atom stereocenters. The Kier molecular flexibility index (Phi) is 4.01. The fourth-order valence-corrected chi connectivity index (χ4v) is 1.32. The van der Waals surface area contributed by atoms with Gasteiger partial charge in [0.05, 0.1) is 7.11 Å². The lowest BCUT2D eigenvalue weighted by atomic mass is 10.0. The summed E-state index contributed by atoms with van der Waals surface area (Å²) in [5.41, 5.74) is 4.81. The van der Waals surface area contributed by atoms with Crippen LogP contribution in [0, 0.1) is 0 Å². The highest BCUT2D eigenvalue weighted by Gasteiger charge is 2.35. The van der Waals surface area contributed by atoms with Gasteiger partial charge in [-0.25, -0.2) is 8.78 Å². The van der Waals surface area contributed by atoms with Crippen molar-refractivity contribution in [2.75, 3.05) is 7.11 Å². The highest BCUT2D eigenvalue weighted by Crippen LogP contribution is 2.33. The molecule has 1 atom stereocenters. The number of aliphatic carboxylic acids is 1. The summed E-state index contributed by atoms with van der Waals surface area (Å²) in [5, 5.41) is 8.50. The van der Waals surface area contributed by atoms with Crippen LogP contribution in [0.25, 0.3) is 0 Å². The third-order valence-corrected chi connectivity index (χ3v) is 2.31. The van der Waals surface area contributed by atoms with E-state index >= 15 is 0 Å². The summed E-state index contributed by atoms with van der Waals surface area (Å²) in [6, 6.07) is 3.55. The van der Waals surface area contributed by atoms with Gasteiger partial charge in [-0.3, -0.25) is 4.79 Å². The number of nitrogens with two attached hydrogens (primary N) is 1. The van der Waals surface area contributed by atoms with Gasteiger partial charge in [-0.05, 0) is 24.3 Å². The number of carbonyl (C=O) groups is 1. The zero-order chi connectivity index (χ0) is 13.1. The SMILES string of the molecule is COc1ccc(C(F)(F)CC(N)C(=O)O)cc1. The van der Waals surface area contributed by atoms with Crippen LogP contribution in [0.15, 0.2) is 24.3 Å². The predicted molar refractivity (Wildman–Crippen MR) is 57.1 cm³/mol. The third-order valence-electron chi connectivity index (χ3n) is 2.31. The molecule has 94 valence electrons. The Morgan fingerprint density at radius 1 is 1.47 bits per heavy atom. The van der Waals surface area contributed by atoms with Crippen LogP contribution in [0.3, 0.4) is 0 Å². The van der Waals surface area contributed by atoms with Crippen LogP contribution in [0.5, 0.6) is 5.75 Å².